The predicted octanol–water partition coefficient (Wildman–Crippen LogP) is 3.51. The van der Waals surface area contributed by atoms with Crippen molar-refractivity contribution in [1.82, 2.24) is 0 Å². The number of epoxide rings is 1. The second-order valence-corrected chi connectivity index (χ2v) is 4.31. The van der Waals surface area contributed by atoms with Gasteiger partial charge in [0.25, 0.3) is 0 Å². The molecule has 1 nitrogen and oxygen atoms in total. The Balaban J connectivity index is 2.19. The molecule has 1 aromatic carbocycles. The fourth-order valence-electron chi connectivity index (χ4n) is 2.38. The SMILES string of the molecule is [2H]c1c([2H])c([2H])c(C23CCCCC2O3)c(Cl)c1[2H]. The van der Waals surface area contributed by atoms with Crippen LogP contribution >= 0.6 is 11.6 Å². The van der Waals surface area contributed by atoms with Crippen LogP contribution in [0, 0.1) is 0 Å². The number of benzene rings is 1. The van der Waals surface area contributed by atoms with E-state index in [-0.39, 0.29) is 35.3 Å². The molecule has 2 fully saturated rings. The summed E-state index contributed by atoms with van der Waals surface area (Å²) in [5, 5.41) is 0.116. The second kappa shape index (κ2) is 2.98. The monoisotopic (exact) mass is 212 g/mol. The van der Waals surface area contributed by atoms with Gasteiger partial charge in [-0.05, 0) is 18.9 Å². The molecule has 2 atom stereocenters. The molecule has 0 radical (unpaired) electrons. The highest BCUT2D eigenvalue weighted by Gasteiger charge is 2.58. The molecule has 0 amide bonds. The highest BCUT2D eigenvalue weighted by molar-refractivity contribution is 6.31. The minimum atomic E-state index is -0.550. The summed E-state index contributed by atoms with van der Waals surface area (Å²) in [5.41, 5.74) is -0.0917. The van der Waals surface area contributed by atoms with E-state index in [2.05, 4.69) is 0 Å². The zero-order valence-electron chi connectivity index (χ0n) is 11.7. The Hall–Kier alpha value is -0.530. The molecular formula is C12H13ClO. The van der Waals surface area contributed by atoms with E-state index in [1.807, 2.05) is 0 Å². The molecule has 74 valence electrons. The number of rotatable bonds is 1. The van der Waals surface area contributed by atoms with Crippen LogP contribution in [0.1, 0.15) is 36.7 Å². The fourth-order valence-corrected chi connectivity index (χ4v) is 2.64. The first kappa shape index (κ1) is 5.53. The zero-order chi connectivity index (χ0) is 13.1. The van der Waals surface area contributed by atoms with Gasteiger partial charge in [0.2, 0.25) is 0 Å². The summed E-state index contributed by atoms with van der Waals surface area (Å²) in [6, 6.07) is -0.723. The first-order valence-electron chi connectivity index (χ1n) is 6.93. The molecule has 1 saturated carbocycles. The predicted molar refractivity (Wildman–Crippen MR) is 56.5 cm³/mol. The van der Waals surface area contributed by atoms with E-state index in [4.69, 9.17) is 21.8 Å². The normalized spacial score (nSPS) is 39.1. The van der Waals surface area contributed by atoms with Crippen molar-refractivity contribution in [1.29, 1.82) is 0 Å². The summed E-state index contributed by atoms with van der Waals surface area (Å²) < 4.78 is 36.8. The number of hydrogen-bond donors (Lipinski definition) is 0. The van der Waals surface area contributed by atoms with Gasteiger partial charge in [0.15, 0.2) is 0 Å². The van der Waals surface area contributed by atoms with E-state index in [1.54, 1.807) is 0 Å². The second-order valence-electron chi connectivity index (χ2n) is 3.93. The Morgan fingerprint density at radius 2 is 2.29 bits per heavy atom. The molecule has 0 spiro atoms. The maximum absolute atomic E-state index is 8.01. The third-order valence-electron chi connectivity index (χ3n) is 3.14. The number of halogens is 1. The third kappa shape index (κ3) is 1.12. The molecule has 1 aliphatic heterocycles. The van der Waals surface area contributed by atoms with E-state index in [0.717, 1.165) is 25.7 Å². The van der Waals surface area contributed by atoms with E-state index >= 15 is 0 Å². The third-order valence-corrected chi connectivity index (χ3v) is 3.43. The lowest BCUT2D eigenvalue weighted by atomic mass is 9.84. The van der Waals surface area contributed by atoms with Crippen LogP contribution in [0.2, 0.25) is 5.02 Å². The van der Waals surface area contributed by atoms with E-state index in [0.29, 0.717) is 5.56 Å². The summed E-state index contributed by atoms with van der Waals surface area (Å²) >= 11 is 6.13. The molecule has 0 aromatic heterocycles. The highest BCUT2D eigenvalue weighted by Crippen LogP contribution is 2.56. The Kier molecular flexibility index (Phi) is 1.18. The van der Waals surface area contributed by atoms with Crippen LogP contribution in [0.25, 0.3) is 0 Å². The van der Waals surface area contributed by atoms with E-state index in [1.165, 1.54) is 0 Å². The van der Waals surface area contributed by atoms with Crippen molar-refractivity contribution < 1.29 is 10.2 Å². The molecule has 0 bridgehead atoms. The van der Waals surface area contributed by atoms with Crippen LogP contribution in [0.5, 0.6) is 0 Å². The number of ether oxygens (including phenoxy) is 1. The zero-order valence-corrected chi connectivity index (χ0v) is 8.45. The number of hydrogen-bond acceptors (Lipinski definition) is 1. The van der Waals surface area contributed by atoms with E-state index < -0.39 is 5.60 Å². The van der Waals surface area contributed by atoms with Gasteiger partial charge in [0, 0.05) is 10.6 Å². The quantitative estimate of drug-likeness (QED) is 0.649. The van der Waals surface area contributed by atoms with Gasteiger partial charge in [-0.25, -0.2) is 0 Å². The lowest BCUT2D eigenvalue weighted by Crippen LogP contribution is -2.17. The van der Waals surface area contributed by atoms with E-state index in [9.17, 15) is 0 Å². The lowest BCUT2D eigenvalue weighted by Gasteiger charge is -2.18. The van der Waals surface area contributed by atoms with Crippen molar-refractivity contribution in [3.05, 3.63) is 34.8 Å². The minimum absolute atomic E-state index is 0.0506. The molecular weight excluding hydrogens is 196 g/mol. The molecule has 14 heavy (non-hydrogen) atoms. The van der Waals surface area contributed by atoms with Gasteiger partial charge in [-0.15, -0.1) is 0 Å². The van der Waals surface area contributed by atoms with Crippen LogP contribution in [-0.4, -0.2) is 6.10 Å². The molecule has 0 N–H and O–H groups in total. The summed E-state index contributed by atoms with van der Waals surface area (Å²) in [6.45, 7) is 0. The molecule has 2 heteroatoms. The van der Waals surface area contributed by atoms with Gasteiger partial charge in [0.1, 0.15) is 5.60 Å². The summed E-state index contributed by atoms with van der Waals surface area (Å²) in [6.07, 6.45) is 3.92. The van der Waals surface area contributed by atoms with Gasteiger partial charge in [-0.3, -0.25) is 0 Å². The van der Waals surface area contributed by atoms with Gasteiger partial charge in [0.05, 0.1) is 11.6 Å². The van der Waals surface area contributed by atoms with Gasteiger partial charge < -0.3 is 4.74 Å². The first-order chi connectivity index (χ1) is 8.49. The molecule has 1 aromatic rings. The molecule has 3 rings (SSSR count). The maximum atomic E-state index is 8.01. The first-order valence-corrected chi connectivity index (χ1v) is 5.31. The maximum Gasteiger partial charge on any atom is 0.121 e. The summed E-state index contributed by atoms with van der Waals surface area (Å²) in [5.74, 6) is 0. The highest BCUT2D eigenvalue weighted by atomic mass is 35.5. The van der Waals surface area contributed by atoms with Crippen molar-refractivity contribution in [2.75, 3.05) is 0 Å². The van der Waals surface area contributed by atoms with Crippen LogP contribution in [0.4, 0.5) is 0 Å². The molecule has 1 heterocycles. The van der Waals surface area contributed by atoms with Crippen LogP contribution < -0.4 is 0 Å². The Labute approximate surface area is 94.6 Å². The summed E-state index contributed by atoms with van der Waals surface area (Å²) in [7, 11) is 0. The smallest absolute Gasteiger partial charge is 0.121 e. The van der Waals surface area contributed by atoms with Crippen LogP contribution in [-0.2, 0) is 10.3 Å². The average molecular weight is 213 g/mol. The Bertz CT molecular complexity index is 504. The Morgan fingerprint density at radius 3 is 3.14 bits per heavy atom. The molecule has 1 aliphatic carbocycles. The van der Waals surface area contributed by atoms with Crippen LogP contribution in [0.15, 0.2) is 24.2 Å². The Morgan fingerprint density at radius 1 is 1.43 bits per heavy atom. The van der Waals surface area contributed by atoms with Crippen molar-refractivity contribution in [3.8, 4) is 0 Å². The molecule has 1 saturated heterocycles. The summed E-state index contributed by atoms with van der Waals surface area (Å²) in [4.78, 5) is 0. The van der Waals surface area contributed by atoms with Gasteiger partial charge >= 0.3 is 0 Å². The standard InChI is InChI=1S/C12H13ClO/c13-10-6-2-1-5-9(10)12-8-4-3-7-11(12)14-12/h1-2,5-6,11H,3-4,7-8H2/i1D,2D,5D,6D. The van der Waals surface area contributed by atoms with Crippen molar-refractivity contribution in [3.63, 3.8) is 0 Å². The topological polar surface area (TPSA) is 12.5 Å². The number of fused-ring (bicyclic) bond motifs is 1. The molecule has 2 unspecified atom stereocenters. The minimum Gasteiger partial charge on any atom is -0.361 e. The van der Waals surface area contributed by atoms with Crippen molar-refractivity contribution >= 4 is 11.6 Å². The average Bonchev–Trinajstić information content (AvgIpc) is 3.09. The lowest BCUT2D eigenvalue weighted by molar-refractivity contribution is 0.289. The van der Waals surface area contributed by atoms with Gasteiger partial charge in [-0.1, -0.05) is 42.6 Å². The largest absolute Gasteiger partial charge is 0.361 e. The molecule has 2 aliphatic rings. The van der Waals surface area contributed by atoms with Gasteiger partial charge in [-0.2, -0.15) is 0 Å². The van der Waals surface area contributed by atoms with Crippen molar-refractivity contribution in [2.24, 2.45) is 0 Å². The fraction of sp³-hybridized carbons (Fsp3) is 0.500. The van der Waals surface area contributed by atoms with Crippen LogP contribution in [0.3, 0.4) is 0 Å². The van der Waals surface area contributed by atoms with Crippen molar-refractivity contribution in [2.45, 2.75) is 37.4 Å².